The van der Waals surface area contributed by atoms with Crippen molar-refractivity contribution in [3.05, 3.63) is 0 Å². The second-order valence-corrected chi connectivity index (χ2v) is 3.43. The maximum atomic E-state index is 2.41. The highest BCUT2D eigenvalue weighted by Crippen LogP contribution is 2.31. The molecule has 0 spiro atoms. The van der Waals surface area contributed by atoms with Crippen LogP contribution in [-0.4, -0.2) is 0 Å². The van der Waals surface area contributed by atoms with E-state index in [0.717, 1.165) is 11.8 Å². The van der Waals surface area contributed by atoms with E-state index in [1.165, 1.54) is 32.1 Å². The van der Waals surface area contributed by atoms with E-state index in [4.69, 9.17) is 0 Å². The molecule has 0 amide bonds. The molecule has 0 aromatic rings. The van der Waals surface area contributed by atoms with E-state index in [1.807, 2.05) is 27.7 Å². The van der Waals surface area contributed by atoms with Gasteiger partial charge >= 0.3 is 0 Å². The van der Waals surface area contributed by atoms with Crippen molar-refractivity contribution in [2.75, 3.05) is 0 Å². The van der Waals surface area contributed by atoms with Crippen LogP contribution in [-0.2, 0) is 0 Å². The van der Waals surface area contributed by atoms with Gasteiger partial charge in [-0.2, -0.15) is 0 Å². The molecular weight excluding hydrogens is 156 g/mol. The van der Waals surface area contributed by atoms with E-state index >= 15 is 0 Å². The van der Waals surface area contributed by atoms with Crippen LogP contribution in [0.2, 0.25) is 0 Å². The predicted molar refractivity (Wildman–Crippen MR) is 64.1 cm³/mol. The smallest absolute Gasteiger partial charge is 0.0391 e. The molecule has 82 valence electrons. The average Bonchev–Trinajstić information content (AvgIpc) is 2.24. The first-order valence-corrected chi connectivity index (χ1v) is 6.34. The molecule has 1 rings (SSSR count). The van der Waals surface area contributed by atoms with E-state index < -0.39 is 0 Å². The van der Waals surface area contributed by atoms with Gasteiger partial charge in [-0.05, 0) is 11.8 Å². The Labute approximate surface area is 86.1 Å². The second kappa shape index (κ2) is 12.0. The quantitative estimate of drug-likeness (QED) is 0.523. The van der Waals surface area contributed by atoms with Crippen molar-refractivity contribution < 1.29 is 0 Å². The normalized spacial score (nSPS) is 26.3. The summed E-state index contributed by atoms with van der Waals surface area (Å²) in [5.41, 5.74) is 0. The molecule has 1 aliphatic rings. The molecule has 0 nitrogen and oxygen atoms in total. The van der Waals surface area contributed by atoms with E-state index in [-0.39, 0.29) is 0 Å². The second-order valence-electron chi connectivity index (χ2n) is 3.43. The molecule has 0 radical (unpaired) electrons. The van der Waals surface area contributed by atoms with Gasteiger partial charge in [0, 0.05) is 0 Å². The Morgan fingerprint density at radius 3 is 1.69 bits per heavy atom. The third-order valence-electron chi connectivity index (χ3n) is 2.81. The lowest BCUT2D eigenvalue weighted by atomic mass is 9.79. The maximum absolute atomic E-state index is 2.41. The van der Waals surface area contributed by atoms with Crippen LogP contribution < -0.4 is 0 Å². The van der Waals surface area contributed by atoms with Gasteiger partial charge in [0.2, 0.25) is 0 Å². The van der Waals surface area contributed by atoms with Crippen molar-refractivity contribution in [2.24, 2.45) is 11.8 Å². The van der Waals surface area contributed by atoms with Gasteiger partial charge in [0.1, 0.15) is 0 Å². The van der Waals surface area contributed by atoms with Gasteiger partial charge in [0.15, 0.2) is 0 Å². The minimum atomic E-state index is 1.02. The van der Waals surface area contributed by atoms with Crippen molar-refractivity contribution in [3.63, 3.8) is 0 Å². The lowest BCUT2D eigenvalue weighted by Crippen LogP contribution is -2.15. The van der Waals surface area contributed by atoms with Crippen LogP contribution in [0.4, 0.5) is 0 Å². The van der Waals surface area contributed by atoms with Crippen molar-refractivity contribution in [2.45, 2.75) is 73.6 Å². The van der Waals surface area contributed by atoms with Gasteiger partial charge in [-0.25, -0.2) is 0 Å². The molecule has 1 fully saturated rings. The fraction of sp³-hybridized carbons (Fsp3) is 1.00. The Morgan fingerprint density at radius 1 is 0.923 bits per heavy atom. The third-order valence-corrected chi connectivity index (χ3v) is 2.81. The van der Waals surface area contributed by atoms with Gasteiger partial charge in [-0.15, -0.1) is 0 Å². The Balaban J connectivity index is 0. The summed E-state index contributed by atoms with van der Waals surface area (Å²) in [5.74, 6) is 2.07. The summed E-state index contributed by atoms with van der Waals surface area (Å²) in [6.45, 7) is 12.7. The molecule has 0 bridgehead atoms. The highest BCUT2D eigenvalue weighted by Gasteiger charge is 2.18. The van der Waals surface area contributed by atoms with E-state index in [1.54, 1.807) is 0 Å². The average molecular weight is 186 g/mol. The molecule has 0 unspecified atom stereocenters. The third kappa shape index (κ3) is 7.10. The monoisotopic (exact) mass is 186 g/mol. The molecule has 0 saturated heterocycles. The molecular formula is C13H30. The van der Waals surface area contributed by atoms with Gasteiger partial charge < -0.3 is 0 Å². The summed E-state index contributed by atoms with van der Waals surface area (Å²) < 4.78 is 0. The van der Waals surface area contributed by atoms with E-state index in [2.05, 4.69) is 13.8 Å². The Hall–Kier alpha value is 0. The summed E-state index contributed by atoms with van der Waals surface area (Å²) in [7, 11) is 0. The minimum absolute atomic E-state index is 1.02. The number of hydrogen-bond donors (Lipinski definition) is 0. The molecule has 13 heavy (non-hydrogen) atoms. The highest BCUT2D eigenvalue weighted by molar-refractivity contribution is 4.70. The van der Waals surface area contributed by atoms with Crippen LogP contribution in [0, 0.1) is 11.8 Å². The summed E-state index contributed by atoms with van der Waals surface area (Å²) in [6.07, 6.45) is 7.36. The highest BCUT2D eigenvalue weighted by atomic mass is 14.2. The van der Waals surface area contributed by atoms with Gasteiger partial charge in [-0.1, -0.05) is 73.6 Å². The van der Waals surface area contributed by atoms with E-state index in [0.29, 0.717) is 0 Å². The summed E-state index contributed by atoms with van der Waals surface area (Å²) in [5, 5.41) is 0. The maximum Gasteiger partial charge on any atom is -0.0391 e. The zero-order valence-corrected chi connectivity index (χ0v) is 10.7. The topological polar surface area (TPSA) is 0 Å². The fourth-order valence-corrected chi connectivity index (χ4v) is 2.00. The van der Waals surface area contributed by atoms with Crippen LogP contribution in [0.15, 0.2) is 0 Å². The summed E-state index contributed by atoms with van der Waals surface area (Å²) in [4.78, 5) is 0. The molecule has 1 saturated carbocycles. The largest absolute Gasteiger partial charge is 0.0683 e. The van der Waals surface area contributed by atoms with Crippen LogP contribution in [0.1, 0.15) is 73.6 Å². The van der Waals surface area contributed by atoms with Crippen LogP contribution in [0.25, 0.3) is 0 Å². The molecule has 1 aliphatic carbocycles. The standard InChI is InChI=1S/C9H18.2C2H6/c1-3-9-7-5-4-6-8(9)2;2*1-2/h8-9H,3-7H2,1-2H3;2*1-2H3/t8-,9-;;/m0../s1. The lowest BCUT2D eigenvalue weighted by Gasteiger charge is -2.27. The minimum Gasteiger partial charge on any atom is -0.0683 e. The molecule has 0 heteroatoms. The molecule has 0 aromatic carbocycles. The Bertz CT molecular complexity index is 76.1. The molecule has 2 atom stereocenters. The zero-order chi connectivity index (χ0) is 10.7. The van der Waals surface area contributed by atoms with Gasteiger partial charge in [-0.3, -0.25) is 0 Å². The predicted octanol–water partition coefficient (Wildman–Crippen LogP) is 5.28. The SMILES string of the molecule is CC.CC.CC[C@H]1CCCC[C@@H]1C. The van der Waals surface area contributed by atoms with Gasteiger partial charge in [0.25, 0.3) is 0 Å². The summed E-state index contributed by atoms with van der Waals surface area (Å²) in [6, 6.07) is 0. The zero-order valence-electron chi connectivity index (χ0n) is 10.7. The van der Waals surface area contributed by atoms with Crippen LogP contribution in [0.3, 0.4) is 0 Å². The first-order valence-electron chi connectivity index (χ1n) is 6.34. The van der Waals surface area contributed by atoms with Crippen molar-refractivity contribution >= 4 is 0 Å². The molecule has 0 heterocycles. The number of hydrogen-bond acceptors (Lipinski definition) is 0. The molecule has 0 aromatic heterocycles. The van der Waals surface area contributed by atoms with Crippen LogP contribution in [0.5, 0.6) is 0 Å². The first-order chi connectivity index (χ1) is 6.34. The van der Waals surface area contributed by atoms with Crippen molar-refractivity contribution in [1.29, 1.82) is 0 Å². The van der Waals surface area contributed by atoms with Crippen molar-refractivity contribution in [3.8, 4) is 0 Å². The van der Waals surface area contributed by atoms with Gasteiger partial charge in [0.05, 0.1) is 0 Å². The van der Waals surface area contributed by atoms with Crippen molar-refractivity contribution in [1.82, 2.24) is 0 Å². The lowest BCUT2D eigenvalue weighted by molar-refractivity contribution is 0.249. The summed E-state index contributed by atoms with van der Waals surface area (Å²) >= 11 is 0. The molecule has 0 aliphatic heterocycles. The molecule has 0 N–H and O–H groups in total. The number of rotatable bonds is 1. The Kier molecular flexibility index (Phi) is 14.3. The van der Waals surface area contributed by atoms with Crippen LogP contribution >= 0.6 is 0 Å². The fourth-order valence-electron chi connectivity index (χ4n) is 2.00. The van der Waals surface area contributed by atoms with E-state index in [9.17, 15) is 0 Å². The first kappa shape index (κ1) is 15.5. The Morgan fingerprint density at radius 2 is 1.38 bits per heavy atom.